The van der Waals surface area contributed by atoms with Crippen LogP contribution in [0.5, 0.6) is 0 Å². The molecule has 0 saturated heterocycles. The zero-order chi connectivity index (χ0) is 20.8. The second-order valence-electron chi connectivity index (χ2n) is 6.19. The number of aryl methyl sites for hydroxylation is 1. The molecule has 2 amide bonds. The predicted molar refractivity (Wildman–Crippen MR) is 113 cm³/mol. The normalized spacial score (nSPS) is 10.4. The number of rotatable bonds is 6. The van der Waals surface area contributed by atoms with Crippen LogP contribution in [0.2, 0.25) is 0 Å². The van der Waals surface area contributed by atoms with Crippen LogP contribution in [0.1, 0.15) is 12.5 Å². The number of para-hydroxylation sites is 2. The van der Waals surface area contributed by atoms with E-state index in [0.717, 1.165) is 23.0 Å². The second kappa shape index (κ2) is 9.16. The zero-order valence-corrected chi connectivity index (χ0v) is 16.7. The average molecular weight is 409 g/mol. The van der Waals surface area contributed by atoms with E-state index in [0.29, 0.717) is 11.3 Å². The zero-order valence-electron chi connectivity index (χ0n) is 15.9. The summed E-state index contributed by atoms with van der Waals surface area (Å²) in [6, 6.07) is 14.3. The third kappa shape index (κ3) is 5.29. The number of anilines is 2. The standard InChI is InChI=1S/C20H19N5O3S/c1-12-7-3-5-9-15(12)22-17(27)11-29-20-23-19(28)18(24-25-20)14-8-4-6-10-16(14)21-13(2)26/h3-10H,11H2,1-2H3,(H,21,26)(H,22,27)(H,23,25,28). The van der Waals surface area contributed by atoms with E-state index in [9.17, 15) is 14.4 Å². The highest BCUT2D eigenvalue weighted by atomic mass is 32.2. The maximum absolute atomic E-state index is 12.5. The molecule has 3 aromatic rings. The van der Waals surface area contributed by atoms with Gasteiger partial charge in [-0.25, -0.2) is 0 Å². The monoisotopic (exact) mass is 409 g/mol. The third-order valence-corrected chi connectivity index (χ3v) is 4.79. The van der Waals surface area contributed by atoms with Gasteiger partial charge in [-0.2, -0.15) is 0 Å². The summed E-state index contributed by atoms with van der Waals surface area (Å²) in [6.07, 6.45) is 0. The van der Waals surface area contributed by atoms with Gasteiger partial charge in [0.2, 0.25) is 11.8 Å². The third-order valence-electron chi connectivity index (χ3n) is 3.93. The van der Waals surface area contributed by atoms with Crippen molar-refractivity contribution in [1.29, 1.82) is 0 Å². The van der Waals surface area contributed by atoms with Gasteiger partial charge in [-0.3, -0.25) is 19.4 Å². The fraction of sp³-hybridized carbons (Fsp3) is 0.150. The van der Waals surface area contributed by atoms with Gasteiger partial charge in [0, 0.05) is 18.2 Å². The number of carbonyl (C=O) groups excluding carboxylic acids is 2. The molecular formula is C20H19N5O3S. The Morgan fingerprint density at radius 3 is 2.38 bits per heavy atom. The topological polar surface area (TPSA) is 117 Å². The van der Waals surface area contributed by atoms with Crippen molar-refractivity contribution in [3.8, 4) is 11.3 Å². The van der Waals surface area contributed by atoms with Crippen LogP contribution >= 0.6 is 11.8 Å². The van der Waals surface area contributed by atoms with Crippen molar-refractivity contribution in [2.24, 2.45) is 0 Å². The van der Waals surface area contributed by atoms with E-state index in [-0.39, 0.29) is 28.4 Å². The molecule has 1 aromatic heterocycles. The Bertz CT molecular complexity index is 1110. The van der Waals surface area contributed by atoms with E-state index in [1.807, 2.05) is 31.2 Å². The van der Waals surface area contributed by atoms with Crippen molar-refractivity contribution in [1.82, 2.24) is 15.2 Å². The van der Waals surface area contributed by atoms with E-state index in [2.05, 4.69) is 25.8 Å². The Balaban J connectivity index is 1.71. The van der Waals surface area contributed by atoms with Gasteiger partial charge in [0.1, 0.15) is 0 Å². The number of nitrogens with one attached hydrogen (secondary N) is 3. The van der Waals surface area contributed by atoms with Crippen molar-refractivity contribution in [3.63, 3.8) is 0 Å². The summed E-state index contributed by atoms with van der Waals surface area (Å²) < 4.78 is 0. The number of aromatic nitrogens is 3. The lowest BCUT2D eigenvalue weighted by molar-refractivity contribution is -0.114. The molecule has 29 heavy (non-hydrogen) atoms. The first kappa shape index (κ1) is 20.3. The Hall–Kier alpha value is -3.46. The Morgan fingerprint density at radius 2 is 1.69 bits per heavy atom. The van der Waals surface area contributed by atoms with E-state index in [1.54, 1.807) is 24.3 Å². The number of nitrogens with zero attached hydrogens (tertiary/aromatic N) is 2. The summed E-state index contributed by atoms with van der Waals surface area (Å²) >= 11 is 1.08. The van der Waals surface area contributed by atoms with Crippen LogP contribution in [0.4, 0.5) is 11.4 Å². The minimum absolute atomic E-state index is 0.0702. The number of carbonyl (C=O) groups is 2. The molecule has 3 rings (SSSR count). The molecule has 9 heteroatoms. The molecule has 0 fully saturated rings. The minimum Gasteiger partial charge on any atom is -0.326 e. The number of hydrogen-bond donors (Lipinski definition) is 3. The van der Waals surface area contributed by atoms with Crippen molar-refractivity contribution in [3.05, 3.63) is 64.4 Å². The predicted octanol–water partition coefficient (Wildman–Crippen LogP) is 2.83. The maximum Gasteiger partial charge on any atom is 0.278 e. The maximum atomic E-state index is 12.5. The van der Waals surface area contributed by atoms with Gasteiger partial charge in [0.25, 0.3) is 5.56 Å². The fourth-order valence-electron chi connectivity index (χ4n) is 2.58. The van der Waals surface area contributed by atoms with Crippen molar-refractivity contribution in [2.75, 3.05) is 16.4 Å². The van der Waals surface area contributed by atoms with Gasteiger partial charge in [-0.15, -0.1) is 10.2 Å². The highest BCUT2D eigenvalue weighted by Crippen LogP contribution is 2.24. The SMILES string of the molecule is CC(=O)Nc1ccccc1-c1nnc(SCC(=O)Nc2ccccc2C)[nH]c1=O. The lowest BCUT2D eigenvalue weighted by atomic mass is 10.1. The summed E-state index contributed by atoms with van der Waals surface area (Å²) in [6.45, 7) is 3.29. The molecule has 0 aliphatic heterocycles. The molecule has 0 saturated carbocycles. The van der Waals surface area contributed by atoms with Crippen LogP contribution in [-0.2, 0) is 9.59 Å². The Kier molecular flexibility index (Phi) is 6.40. The number of H-pyrrole nitrogens is 1. The molecule has 1 heterocycles. The van der Waals surface area contributed by atoms with Crippen LogP contribution in [0.25, 0.3) is 11.3 Å². The molecular weight excluding hydrogens is 390 g/mol. The summed E-state index contributed by atoms with van der Waals surface area (Å²) in [5.74, 6) is -0.401. The van der Waals surface area contributed by atoms with Gasteiger partial charge in [0.15, 0.2) is 10.9 Å². The van der Waals surface area contributed by atoms with Crippen molar-refractivity contribution >= 4 is 35.0 Å². The molecule has 0 atom stereocenters. The summed E-state index contributed by atoms with van der Waals surface area (Å²) in [5, 5.41) is 13.7. The largest absolute Gasteiger partial charge is 0.326 e. The van der Waals surface area contributed by atoms with E-state index in [4.69, 9.17) is 0 Å². The van der Waals surface area contributed by atoms with Crippen molar-refractivity contribution < 1.29 is 9.59 Å². The highest BCUT2D eigenvalue weighted by Gasteiger charge is 2.14. The minimum atomic E-state index is -0.459. The van der Waals surface area contributed by atoms with Crippen LogP contribution in [0.15, 0.2) is 58.5 Å². The Morgan fingerprint density at radius 1 is 1.00 bits per heavy atom. The first-order chi connectivity index (χ1) is 13.9. The highest BCUT2D eigenvalue weighted by molar-refractivity contribution is 7.99. The first-order valence-corrected chi connectivity index (χ1v) is 9.75. The van der Waals surface area contributed by atoms with Gasteiger partial charge >= 0.3 is 0 Å². The summed E-state index contributed by atoms with van der Waals surface area (Å²) in [4.78, 5) is 38.6. The summed E-state index contributed by atoms with van der Waals surface area (Å²) in [5.41, 5.74) is 2.26. The first-order valence-electron chi connectivity index (χ1n) is 8.76. The Labute approximate surface area is 171 Å². The van der Waals surface area contributed by atoms with Gasteiger partial charge in [0.05, 0.1) is 11.4 Å². The molecule has 0 unspecified atom stereocenters. The molecule has 0 aliphatic carbocycles. The fourth-order valence-corrected chi connectivity index (χ4v) is 3.19. The number of amides is 2. The molecule has 0 aliphatic rings. The number of hydrogen-bond acceptors (Lipinski definition) is 6. The van der Waals surface area contributed by atoms with Gasteiger partial charge in [-0.05, 0) is 24.6 Å². The van der Waals surface area contributed by atoms with Gasteiger partial charge in [-0.1, -0.05) is 48.2 Å². The number of benzene rings is 2. The number of aromatic amines is 1. The molecule has 3 N–H and O–H groups in total. The van der Waals surface area contributed by atoms with Crippen molar-refractivity contribution in [2.45, 2.75) is 19.0 Å². The number of thioether (sulfide) groups is 1. The van der Waals surface area contributed by atoms with E-state index < -0.39 is 5.56 Å². The molecule has 0 spiro atoms. The van der Waals surface area contributed by atoms with Crippen LogP contribution in [-0.4, -0.2) is 32.7 Å². The second-order valence-corrected chi connectivity index (χ2v) is 7.15. The molecule has 8 nitrogen and oxygen atoms in total. The molecule has 0 bridgehead atoms. The van der Waals surface area contributed by atoms with E-state index in [1.165, 1.54) is 6.92 Å². The smallest absolute Gasteiger partial charge is 0.278 e. The van der Waals surface area contributed by atoms with Crippen LogP contribution in [0, 0.1) is 6.92 Å². The van der Waals surface area contributed by atoms with Crippen LogP contribution < -0.4 is 16.2 Å². The summed E-state index contributed by atoms with van der Waals surface area (Å²) in [7, 11) is 0. The lowest BCUT2D eigenvalue weighted by Gasteiger charge is -2.09. The molecule has 0 radical (unpaired) electrons. The lowest BCUT2D eigenvalue weighted by Crippen LogP contribution is -2.18. The average Bonchev–Trinajstić information content (AvgIpc) is 2.68. The van der Waals surface area contributed by atoms with E-state index >= 15 is 0 Å². The molecule has 148 valence electrons. The van der Waals surface area contributed by atoms with Crippen LogP contribution in [0.3, 0.4) is 0 Å². The molecule has 2 aromatic carbocycles. The van der Waals surface area contributed by atoms with Gasteiger partial charge < -0.3 is 10.6 Å². The quantitative estimate of drug-likeness (QED) is 0.539.